The van der Waals surface area contributed by atoms with E-state index in [1.165, 1.54) is 27.5 Å². The Bertz CT molecular complexity index is 1020. The fourth-order valence-corrected chi connectivity index (χ4v) is 4.87. The van der Waals surface area contributed by atoms with Gasteiger partial charge in [0, 0.05) is 45.3 Å². The van der Waals surface area contributed by atoms with Crippen molar-refractivity contribution in [3.05, 3.63) is 71.5 Å². The maximum atomic E-state index is 13.2. The van der Waals surface area contributed by atoms with Crippen molar-refractivity contribution in [2.24, 2.45) is 0 Å². The van der Waals surface area contributed by atoms with E-state index in [4.69, 9.17) is 0 Å². The summed E-state index contributed by atoms with van der Waals surface area (Å²) in [6.45, 7) is 5.43. The molecule has 2 aromatic carbocycles. The van der Waals surface area contributed by atoms with Crippen LogP contribution in [0.15, 0.2) is 54.6 Å². The maximum absolute atomic E-state index is 13.2. The number of carbonyl (C=O) groups is 3. The van der Waals surface area contributed by atoms with Crippen LogP contribution in [-0.4, -0.2) is 70.7 Å². The van der Waals surface area contributed by atoms with Gasteiger partial charge in [0.1, 0.15) is 11.9 Å². The number of nitrogens with one attached hydrogen (secondary N) is 1. The molecule has 0 radical (unpaired) electrons. The first kappa shape index (κ1) is 24.9. The van der Waals surface area contributed by atoms with Gasteiger partial charge in [-0.05, 0) is 42.5 Å². The average molecular weight is 481 g/mol. The third-order valence-electron chi connectivity index (χ3n) is 6.88. The Morgan fingerprint density at radius 3 is 2.23 bits per heavy atom. The lowest BCUT2D eigenvalue weighted by molar-refractivity contribution is -0.160. The second-order valence-corrected chi connectivity index (χ2v) is 9.32. The standard InChI is InChI=1S/C27H33FN4O3/c1-2-24(25(33)29-23-12-14-30(15-13-23)18-20-6-4-3-5-7-20)32-17-16-31(26(34)27(32)35)19-21-8-10-22(28)11-9-21/h3-11,23-24H,2,12-19H2,1H3,(H,29,33)/t24-/m0/s1. The van der Waals surface area contributed by atoms with Crippen molar-refractivity contribution >= 4 is 17.7 Å². The van der Waals surface area contributed by atoms with Crippen LogP contribution in [0.1, 0.15) is 37.3 Å². The number of amides is 3. The molecule has 35 heavy (non-hydrogen) atoms. The van der Waals surface area contributed by atoms with E-state index in [2.05, 4.69) is 22.3 Å². The summed E-state index contributed by atoms with van der Waals surface area (Å²) in [6, 6.07) is 15.6. The molecule has 2 aromatic rings. The van der Waals surface area contributed by atoms with Gasteiger partial charge < -0.3 is 15.1 Å². The molecule has 2 aliphatic rings. The number of benzene rings is 2. The van der Waals surface area contributed by atoms with Gasteiger partial charge in [0.05, 0.1) is 0 Å². The van der Waals surface area contributed by atoms with Gasteiger partial charge in [-0.15, -0.1) is 0 Å². The largest absolute Gasteiger partial charge is 0.351 e. The van der Waals surface area contributed by atoms with Crippen molar-refractivity contribution in [2.75, 3.05) is 26.2 Å². The van der Waals surface area contributed by atoms with Crippen molar-refractivity contribution < 1.29 is 18.8 Å². The number of hydrogen-bond acceptors (Lipinski definition) is 4. The third kappa shape index (κ3) is 6.25. The second-order valence-electron chi connectivity index (χ2n) is 9.32. The Balaban J connectivity index is 1.28. The lowest BCUT2D eigenvalue weighted by Gasteiger charge is -2.38. The quantitative estimate of drug-likeness (QED) is 0.590. The van der Waals surface area contributed by atoms with Gasteiger partial charge in [-0.2, -0.15) is 0 Å². The Labute approximate surface area is 205 Å². The molecule has 1 N–H and O–H groups in total. The van der Waals surface area contributed by atoms with Crippen LogP contribution in [0, 0.1) is 5.82 Å². The molecule has 3 amide bonds. The van der Waals surface area contributed by atoms with E-state index >= 15 is 0 Å². The molecular weight excluding hydrogens is 447 g/mol. The minimum atomic E-state index is -0.665. The van der Waals surface area contributed by atoms with E-state index in [9.17, 15) is 18.8 Å². The van der Waals surface area contributed by atoms with Gasteiger partial charge in [0.15, 0.2) is 0 Å². The van der Waals surface area contributed by atoms with Gasteiger partial charge in [-0.3, -0.25) is 19.3 Å². The summed E-state index contributed by atoms with van der Waals surface area (Å²) >= 11 is 0. The van der Waals surface area contributed by atoms with Crippen LogP contribution in [0.4, 0.5) is 4.39 Å². The zero-order chi connectivity index (χ0) is 24.8. The van der Waals surface area contributed by atoms with Crippen LogP contribution in [0.5, 0.6) is 0 Å². The number of piperazine rings is 1. The molecule has 2 heterocycles. The molecule has 4 rings (SSSR count). The highest BCUT2D eigenvalue weighted by Crippen LogP contribution is 2.18. The van der Waals surface area contributed by atoms with Crippen molar-refractivity contribution in [1.29, 1.82) is 0 Å². The van der Waals surface area contributed by atoms with Crippen LogP contribution in [0.2, 0.25) is 0 Å². The number of hydrogen-bond donors (Lipinski definition) is 1. The Hall–Kier alpha value is -3.26. The SMILES string of the molecule is CC[C@@H](C(=O)NC1CCN(Cc2ccccc2)CC1)N1CCN(Cc2ccc(F)cc2)C(=O)C1=O. The molecule has 0 spiro atoms. The van der Waals surface area contributed by atoms with Crippen molar-refractivity contribution in [2.45, 2.75) is 51.4 Å². The molecule has 0 saturated carbocycles. The Kier molecular flexibility index (Phi) is 8.13. The van der Waals surface area contributed by atoms with E-state index in [0.717, 1.165) is 38.0 Å². The number of halogens is 1. The minimum Gasteiger partial charge on any atom is -0.351 e. The van der Waals surface area contributed by atoms with Crippen molar-refractivity contribution in [3.63, 3.8) is 0 Å². The molecule has 0 aromatic heterocycles. The number of rotatable bonds is 8. The number of carbonyl (C=O) groups excluding carboxylic acids is 3. The second kappa shape index (κ2) is 11.4. The molecule has 1 atom stereocenters. The summed E-state index contributed by atoms with van der Waals surface area (Å²) in [6.07, 6.45) is 2.15. The van der Waals surface area contributed by atoms with Crippen LogP contribution in [0.25, 0.3) is 0 Å². The first-order chi connectivity index (χ1) is 16.9. The summed E-state index contributed by atoms with van der Waals surface area (Å²) < 4.78 is 13.2. The highest BCUT2D eigenvalue weighted by Gasteiger charge is 2.39. The van der Waals surface area contributed by atoms with Gasteiger partial charge >= 0.3 is 11.8 Å². The van der Waals surface area contributed by atoms with E-state index in [0.29, 0.717) is 19.5 Å². The lowest BCUT2D eigenvalue weighted by Crippen LogP contribution is -2.61. The number of likely N-dealkylation sites (tertiary alicyclic amines) is 1. The highest BCUT2D eigenvalue weighted by molar-refractivity contribution is 6.35. The molecule has 0 bridgehead atoms. The first-order valence-corrected chi connectivity index (χ1v) is 12.4. The monoisotopic (exact) mass is 480 g/mol. The van der Waals surface area contributed by atoms with E-state index in [1.807, 2.05) is 25.1 Å². The third-order valence-corrected chi connectivity index (χ3v) is 6.88. The zero-order valence-corrected chi connectivity index (χ0v) is 20.2. The lowest BCUT2D eigenvalue weighted by atomic mass is 10.0. The summed E-state index contributed by atoms with van der Waals surface area (Å²) in [5.74, 6) is -1.82. The predicted octanol–water partition coefficient (Wildman–Crippen LogP) is 2.56. The van der Waals surface area contributed by atoms with Crippen LogP contribution in [0.3, 0.4) is 0 Å². The zero-order valence-electron chi connectivity index (χ0n) is 20.2. The molecule has 2 aliphatic heterocycles. The fourth-order valence-electron chi connectivity index (χ4n) is 4.87. The van der Waals surface area contributed by atoms with E-state index in [-0.39, 0.29) is 24.3 Å². The summed E-state index contributed by atoms with van der Waals surface area (Å²) in [5, 5.41) is 3.12. The van der Waals surface area contributed by atoms with Gasteiger partial charge in [0.2, 0.25) is 5.91 Å². The molecule has 2 fully saturated rings. The molecule has 2 saturated heterocycles. The normalized spacial score (nSPS) is 18.6. The van der Waals surface area contributed by atoms with Crippen LogP contribution in [-0.2, 0) is 27.5 Å². The van der Waals surface area contributed by atoms with Crippen LogP contribution < -0.4 is 5.32 Å². The average Bonchev–Trinajstić information content (AvgIpc) is 2.87. The maximum Gasteiger partial charge on any atom is 0.312 e. The molecular formula is C27H33FN4O3. The number of piperidine rings is 1. The summed E-state index contributed by atoms with van der Waals surface area (Å²) in [5.41, 5.74) is 2.03. The molecule has 0 aliphatic carbocycles. The highest BCUT2D eigenvalue weighted by atomic mass is 19.1. The predicted molar refractivity (Wildman–Crippen MR) is 130 cm³/mol. The smallest absolute Gasteiger partial charge is 0.312 e. The summed E-state index contributed by atoms with van der Waals surface area (Å²) in [4.78, 5) is 44.0. The topological polar surface area (TPSA) is 73.0 Å². The molecule has 0 unspecified atom stereocenters. The van der Waals surface area contributed by atoms with Crippen LogP contribution >= 0.6 is 0 Å². The fraction of sp³-hybridized carbons (Fsp3) is 0.444. The molecule has 186 valence electrons. The Morgan fingerprint density at radius 1 is 0.914 bits per heavy atom. The van der Waals surface area contributed by atoms with E-state index in [1.54, 1.807) is 12.1 Å². The molecule has 7 nitrogen and oxygen atoms in total. The first-order valence-electron chi connectivity index (χ1n) is 12.4. The number of nitrogens with zero attached hydrogens (tertiary/aromatic N) is 3. The van der Waals surface area contributed by atoms with Gasteiger partial charge in [0.25, 0.3) is 0 Å². The van der Waals surface area contributed by atoms with E-state index < -0.39 is 17.9 Å². The summed E-state index contributed by atoms with van der Waals surface area (Å²) in [7, 11) is 0. The Morgan fingerprint density at radius 2 is 1.57 bits per heavy atom. The minimum absolute atomic E-state index is 0.0640. The van der Waals surface area contributed by atoms with Gasteiger partial charge in [-0.25, -0.2) is 4.39 Å². The van der Waals surface area contributed by atoms with Gasteiger partial charge in [-0.1, -0.05) is 49.4 Å². The molecule has 8 heteroatoms. The van der Waals surface area contributed by atoms with Crippen molar-refractivity contribution in [1.82, 2.24) is 20.0 Å². The van der Waals surface area contributed by atoms with Crippen molar-refractivity contribution in [3.8, 4) is 0 Å².